The molecule has 2 rings (SSSR count). The lowest BCUT2D eigenvalue weighted by atomic mass is 10.1. The van der Waals surface area contributed by atoms with Crippen LogP contribution in [0.4, 0.5) is 0 Å². The van der Waals surface area contributed by atoms with Gasteiger partial charge in [-0.15, -0.1) is 0 Å². The Labute approximate surface area is 139 Å². The van der Waals surface area contributed by atoms with E-state index in [1.54, 1.807) is 12.1 Å². The van der Waals surface area contributed by atoms with Gasteiger partial charge in [-0.25, -0.2) is 8.42 Å². The summed E-state index contributed by atoms with van der Waals surface area (Å²) in [4.78, 5) is 0.331. The lowest BCUT2D eigenvalue weighted by molar-refractivity contribution is 0.266. The number of nitrogens with zero attached hydrogens (tertiary/aromatic N) is 1. The molecule has 0 saturated heterocycles. The lowest BCUT2D eigenvalue weighted by Gasteiger charge is -2.20. The minimum atomic E-state index is -3.56. The molecule has 0 spiro atoms. The molecule has 130 valence electrons. The Balaban J connectivity index is 2.10. The summed E-state index contributed by atoms with van der Waals surface area (Å²) in [5, 5.41) is 12.5. The summed E-state index contributed by atoms with van der Waals surface area (Å²) in [6.45, 7) is 0.484. The highest BCUT2D eigenvalue weighted by Crippen LogP contribution is 2.21. The van der Waals surface area contributed by atoms with Crippen LogP contribution < -0.4 is 5.32 Å². The first-order valence-electron chi connectivity index (χ1n) is 8.44. The highest BCUT2D eigenvalue weighted by Gasteiger charge is 2.23. The summed E-state index contributed by atoms with van der Waals surface area (Å²) >= 11 is 0. The normalized spacial score (nSPS) is 17.3. The van der Waals surface area contributed by atoms with Gasteiger partial charge in [-0.2, -0.15) is 4.31 Å². The van der Waals surface area contributed by atoms with E-state index in [9.17, 15) is 8.42 Å². The van der Waals surface area contributed by atoms with Gasteiger partial charge in [-0.05, 0) is 24.5 Å². The van der Waals surface area contributed by atoms with Crippen LogP contribution in [0, 0.1) is 0 Å². The molecular formula is C17H28N2O3S. The molecule has 0 radical (unpaired) electrons. The van der Waals surface area contributed by atoms with Crippen molar-refractivity contribution in [3.05, 3.63) is 29.8 Å². The SMILES string of the molecule is CN(CCO)S(=O)(=O)c1ccccc1CNC1CCCCCC1. The molecule has 0 atom stereocenters. The van der Waals surface area contributed by atoms with Crippen molar-refractivity contribution in [2.75, 3.05) is 20.2 Å². The molecule has 2 N–H and O–H groups in total. The number of aliphatic hydroxyl groups excluding tert-OH is 1. The van der Waals surface area contributed by atoms with Crippen molar-refractivity contribution >= 4 is 10.0 Å². The maximum absolute atomic E-state index is 12.6. The predicted molar refractivity (Wildman–Crippen MR) is 91.7 cm³/mol. The number of hydrogen-bond donors (Lipinski definition) is 2. The average Bonchev–Trinajstić information content (AvgIpc) is 2.82. The fourth-order valence-corrected chi connectivity index (χ4v) is 4.45. The maximum Gasteiger partial charge on any atom is 0.243 e. The predicted octanol–water partition coefficient (Wildman–Crippen LogP) is 2.11. The van der Waals surface area contributed by atoms with E-state index in [1.165, 1.54) is 49.9 Å². The Hall–Kier alpha value is -0.950. The summed E-state index contributed by atoms with van der Waals surface area (Å²) in [7, 11) is -2.06. The molecule has 1 aliphatic carbocycles. The number of aliphatic hydroxyl groups is 1. The molecule has 0 amide bonds. The Morgan fingerprint density at radius 1 is 1.17 bits per heavy atom. The molecule has 0 aliphatic heterocycles. The maximum atomic E-state index is 12.6. The molecule has 6 heteroatoms. The number of likely N-dealkylation sites (N-methyl/N-ethyl adjacent to an activating group) is 1. The van der Waals surface area contributed by atoms with Gasteiger partial charge in [0.15, 0.2) is 0 Å². The Kier molecular flexibility index (Phi) is 7.02. The van der Waals surface area contributed by atoms with Crippen LogP contribution in [0.5, 0.6) is 0 Å². The van der Waals surface area contributed by atoms with Gasteiger partial charge < -0.3 is 10.4 Å². The lowest BCUT2D eigenvalue weighted by Crippen LogP contribution is -2.32. The van der Waals surface area contributed by atoms with Crippen molar-refractivity contribution < 1.29 is 13.5 Å². The van der Waals surface area contributed by atoms with Gasteiger partial charge in [0, 0.05) is 26.2 Å². The Bertz CT molecular complexity index is 581. The highest BCUT2D eigenvalue weighted by atomic mass is 32.2. The number of sulfonamides is 1. The van der Waals surface area contributed by atoms with Gasteiger partial charge in [-0.3, -0.25) is 0 Å². The summed E-state index contributed by atoms with van der Waals surface area (Å²) in [6, 6.07) is 7.60. The van der Waals surface area contributed by atoms with Crippen LogP contribution in [0.1, 0.15) is 44.1 Å². The van der Waals surface area contributed by atoms with Crippen molar-refractivity contribution in [1.82, 2.24) is 9.62 Å². The molecule has 0 aromatic heterocycles. The second-order valence-electron chi connectivity index (χ2n) is 6.23. The van der Waals surface area contributed by atoms with Crippen LogP contribution in [0.3, 0.4) is 0 Å². The summed E-state index contributed by atoms with van der Waals surface area (Å²) in [6.07, 6.45) is 7.43. The number of nitrogens with one attached hydrogen (secondary N) is 1. The van der Waals surface area contributed by atoms with Crippen molar-refractivity contribution in [3.8, 4) is 0 Å². The highest BCUT2D eigenvalue weighted by molar-refractivity contribution is 7.89. The molecule has 1 aromatic carbocycles. The van der Waals surface area contributed by atoms with Gasteiger partial charge in [0.1, 0.15) is 0 Å². The smallest absolute Gasteiger partial charge is 0.243 e. The van der Waals surface area contributed by atoms with Crippen molar-refractivity contribution in [2.45, 2.75) is 56.0 Å². The van der Waals surface area contributed by atoms with E-state index in [0.29, 0.717) is 17.5 Å². The van der Waals surface area contributed by atoms with Gasteiger partial charge in [0.05, 0.1) is 11.5 Å². The van der Waals surface area contributed by atoms with E-state index in [4.69, 9.17) is 5.11 Å². The Morgan fingerprint density at radius 3 is 2.48 bits per heavy atom. The monoisotopic (exact) mass is 340 g/mol. The zero-order chi connectivity index (χ0) is 16.7. The summed E-state index contributed by atoms with van der Waals surface area (Å²) in [5.74, 6) is 0. The zero-order valence-electron chi connectivity index (χ0n) is 13.9. The standard InChI is InChI=1S/C17H28N2O3S/c1-19(12-13-20)23(21,22)17-11-7-6-8-15(17)14-18-16-9-4-2-3-5-10-16/h6-8,11,16,18,20H,2-5,9-10,12-14H2,1H3. The van der Waals surface area contributed by atoms with Crippen molar-refractivity contribution in [2.24, 2.45) is 0 Å². The van der Waals surface area contributed by atoms with E-state index in [0.717, 1.165) is 5.56 Å². The van der Waals surface area contributed by atoms with Gasteiger partial charge in [-0.1, -0.05) is 43.9 Å². The molecule has 0 heterocycles. The van der Waals surface area contributed by atoms with Gasteiger partial charge >= 0.3 is 0 Å². The van der Waals surface area contributed by atoms with Crippen molar-refractivity contribution in [3.63, 3.8) is 0 Å². The third-order valence-electron chi connectivity index (χ3n) is 4.51. The van der Waals surface area contributed by atoms with Gasteiger partial charge in [0.2, 0.25) is 10.0 Å². The summed E-state index contributed by atoms with van der Waals surface area (Å²) in [5.41, 5.74) is 0.793. The molecule has 1 aliphatic rings. The van der Waals surface area contributed by atoms with Crippen LogP contribution in [-0.4, -0.2) is 44.1 Å². The second kappa shape index (κ2) is 8.78. The average molecular weight is 340 g/mol. The molecule has 5 nitrogen and oxygen atoms in total. The minimum absolute atomic E-state index is 0.104. The zero-order valence-corrected chi connectivity index (χ0v) is 14.7. The molecule has 1 aromatic rings. The topological polar surface area (TPSA) is 69.6 Å². The fraction of sp³-hybridized carbons (Fsp3) is 0.647. The van der Waals surface area contributed by atoms with Crippen LogP contribution in [0.15, 0.2) is 29.2 Å². The number of hydrogen-bond acceptors (Lipinski definition) is 4. The number of benzene rings is 1. The van der Waals surface area contributed by atoms with E-state index in [1.807, 2.05) is 12.1 Å². The van der Waals surface area contributed by atoms with Crippen molar-refractivity contribution in [1.29, 1.82) is 0 Å². The largest absolute Gasteiger partial charge is 0.395 e. The van der Waals surface area contributed by atoms with Crippen LogP contribution in [0.2, 0.25) is 0 Å². The van der Waals surface area contributed by atoms with Gasteiger partial charge in [0.25, 0.3) is 0 Å². The van der Waals surface area contributed by atoms with E-state index in [2.05, 4.69) is 5.32 Å². The molecule has 23 heavy (non-hydrogen) atoms. The second-order valence-corrected chi connectivity index (χ2v) is 8.24. The third kappa shape index (κ3) is 5.01. The quantitative estimate of drug-likeness (QED) is 0.746. The van der Waals surface area contributed by atoms with E-state index >= 15 is 0 Å². The van der Waals surface area contributed by atoms with Crippen LogP contribution in [0.25, 0.3) is 0 Å². The summed E-state index contributed by atoms with van der Waals surface area (Å²) < 4.78 is 26.5. The van der Waals surface area contributed by atoms with E-state index < -0.39 is 10.0 Å². The first kappa shape index (κ1) is 18.4. The minimum Gasteiger partial charge on any atom is -0.395 e. The molecule has 1 fully saturated rings. The third-order valence-corrected chi connectivity index (χ3v) is 6.47. The molecular weight excluding hydrogens is 312 g/mol. The molecule has 0 bridgehead atoms. The van der Waals surface area contributed by atoms with E-state index in [-0.39, 0.29) is 13.2 Å². The first-order valence-corrected chi connectivity index (χ1v) is 9.88. The molecule has 1 saturated carbocycles. The fourth-order valence-electron chi connectivity index (χ4n) is 3.07. The van der Waals surface area contributed by atoms with Crippen LogP contribution >= 0.6 is 0 Å². The molecule has 0 unspecified atom stereocenters. The van der Waals surface area contributed by atoms with Crippen LogP contribution in [-0.2, 0) is 16.6 Å². The first-order chi connectivity index (χ1) is 11.1. The Morgan fingerprint density at radius 2 is 1.83 bits per heavy atom. The number of rotatable bonds is 7.